The summed E-state index contributed by atoms with van der Waals surface area (Å²) in [5.74, 6) is 0. The van der Waals surface area contributed by atoms with Crippen molar-refractivity contribution in [1.82, 2.24) is 0 Å². The van der Waals surface area contributed by atoms with Crippen molar-refractivity contribution in [3.8, 4) is 0 Å². The third-order valence-corrected chi connectivity index (χ3v) is 1.57. The van der Waals surface area contributed by atoms with Crippen molar-refractivity contribution in [3.63, 3.8) is 0 Å². The summed E-state index contributed by atoms with van der Waals surface area (Å²) in [5, 5.41) is 20.6. The average molecular weight is 240 g/mol. The molecule has 0 bridgehead atoms. The molecule has 0 aliphatic heterocycles. The molecule has 0 atom stereocenters. The van der Waals surface area contributed by atoms with E-state index >= 15 is 0 Å². The molecule has 0 aromatic rings. The van der Waals surface area contributed by atoms with Gasteiger partial charge in [-0.1, -0.05) is 26.5 Å². The van der Waals surface area contributed by atoms with Gasteiger partial charge in [-0.2, -0.15) is 0 Å². The molecule has 17 heavy (non-hydrogen) atoms. The van der Waals surface area contributed by atoms with Crippen LogP contribution in [0.3, 0.4) is 0 Å². The number of allylic oxidation sites excluding steroid dienone is 4. The number of hydrogen-bond acceptors (Lipinski definition) is 4. The quantitative estimate of drug-likeness (QED) is 0.419. The van der Waals surface area contributed by atoms with E-state index in [4.69, 9.17) is 0 Å². The standard InChI is InChI=1S/C9H10N2O4.C2H6/c1-4-9(8(3)11(14)15)6-5-7(2)10(12)13;1-2/h4-6H,1,3H2,2H3;1-2H3/b7-5+,9-6-;. The van der Waals surface area contributed by atoms with Gasteiger partial charge in [0.15, 0.2) is 0 Å². The molecular formula is C11H16N2O4. The zero-order valence-electron chi connectivity index (χ0n) is 10.2. The van der Waals surface area contributed by atoms with Gasteiger partial charge in [0.05, 0.1) is 15.4 Å². The third kappa shape index (κ3) is 6.77. The van der Waals surface area contributed by atoms with Crippen LogP contribution in [0.4, 0.5) is 0 Å². The first-order valence-corrected chi connectivity index (χ1v) is 4.89. The lowest BCUT2D eigenvalue weighted by Gasteiger charge is -1.94. The Hall–Kier alpha value is -2.24. The smallest absolute Gasteiger partial charge is 0.259 e. The highest BCUT2D eigenvalue weighted by molar-refractivity contribution is 5.35. The van der Waals surface area contributed by atoms with E-state index in [1.807, 2.05) is 13.8 Å². The van der Waals surface area contributed by atoms with Crippen LogP contribution in [-0.4, -0.2) is 9.85 Å². The molecule has 94 valence electrons. The highest BCUT2D eigenvalue weighted by Crippen LogP contribution is 2.10. The lowest BCUT2D eigenvalue weighted by Crippen LogP contribution is -1.99. The van der Waals surface area contributed by atoms with Crippen LogP contribution in [0, 0.1) is 20.2 Å². The normalized spacial score (nSPS) is 11.0. The van der Waals surface area contributed by atoms with Gasteiger partial charge in [-0.05, 0) is 12.7 Å². The van der Waals surface area contributed by atoms with E-state index in [1.54, 1.807) is 0 Å². The predicted octanol–water partition coefficient (Wildman–Crippen LogP) is 3.10. The van der Waals surface area contributed by atoms with Crippen LogP contribution in [0.5, 0.6) is 0 Å². The molecule has 6 nitrogen and oxygen atoms in total. The van der Waals surface area contributed by atoms with Gasteiger partial charge < -0.3 is 0 Å². The van der Waals surface area contributed by atoms with Gasteiger partial charge in [0.25, 0.3) is 5.70 Å². The topological polar surface area (TPSA) is 86.3 Å². The average Bonchev–Trinajstić information content (AvgIpc) is 2.31. The van der Waals surface area contributed by atoms with Gasteiger partial charge in [-0.15, -0.1) is 0 Å². The monoisotopic (exact) mass is 240 g/mol. The summed E-state index contributed by atoms with van der Waals surface area (Å²) >= 11 is 0. The molecule has 0 N–H and O–H groups in total. The molecule has 0 saturated carbocycles. The number of rotatable bonds is 5. The molecule has 0 aromatic heterocycles. The minimum atomic E-state index is -0.678. The summed E-state index contributed by atoms with van der Waals surface area (Å²) in [7, 11) is 0. The number of nitro groups is 2. The van der Waals surface area contributed by atoms with E-state index < -0.39 is 9.85 Å². The minimum absolute atomic E-state index is 0.120. The largest absolute Gasteiger partial charge is 0.269 e. The maximum absolute atomic E-state index is 10.3. The SMILES string of the molecule is C=C/C(=C/C=C(\C)[N+](=O)[O-])C(=C)[N+](=O)[O-].CC. The molecule has 0 spiro atoms. The van der Waals surface area contributed by atoms with E-state index in [9.17, 15) is 20.2 Å². The Morgan fingerprint density at radius 1 is 1.12 bits per heavy atom. The Labute approximate surface area is 99.9 Å². The van der Waals surface area contributed by atoms with Crippen LogP contribution in [-0.2, 0) is 0 Å². The molecular weight excluding hydrogens is 224 g/mol. The Balaban J connectivity index is 0. The van der Waals surface area contributed by atoms with E-state index in [0.29, 0.717) is 0 Å². The molecule has 0 aliphatic rings. The zero-order valence-corrected chi connectivity index (χ0v) is 10.2. The second-order valence-electron chi connectivity index (χ2n) is 2.60. The van der Waals surface area contributed by atoms with Crippen molar-refractivity contribution in [2.24, 2.45) is 0 Å². The fraction of sp³-hybridized carbons (Fsp3) is 0.273. The highest BCUT2D eigenvalue weighted by Gasteiger charge is 2.10. The van der Waals surface area contributed by atoms with E-state index in [-0.39, 0.29) is 17.0 Å². The molecule has 0 fully saturated rings. The molecule has 0 aromatic carbocycles. The van der Waals surface area contributed by atoms with E-state index in [1.165, 1.54) is 19.1 Å². The molecule has 0 heterocycles. The second kappa shape index (κ2) is 9.02. The van der Waals surface area contributed by atoms with Crippen LogP contribution in [0.2, 0.25) is 0 Å². The molecule has 0 saturated heterocycles. The van der Waals surface area contributed by atoms with Crippen molar-refractivity contribution < 1.29 is 9.85 Å². The van der Waals surface area contributed by atoms with Gasteiger partial charge in [0.1, 0.15) is 0 Å². The van der Waals surface area contributed by atoms with Crippen LogP contribution in [0.1, 0.15) is 20.8 Å². The van der Waals surface area contributed by atoms with Crippen molar-refractivity contribution in [2.75, 3.05) is 0 Å². The summed E-state index contributed by atoms with van der Waals surface area (Å²) < 4.78 is 0. The van der Waals surface area contributed by atoms with Crippen molar-refractivity contribution >= 4 is 0 Å². The maximum atomic E-state index is 10.3. The van der Waals surface area contributed by atoms with Gasteiger partial charge in [0, 0.05) is 13.0 Å². The van der Waals surface area contributed by atoms with Crippen LogP contribution in [0.25, 0.3) is 0 Å². The molecule has 0 unspecified atom stereocenters. The fourth-order valence-corrected chi connectivity index (χ4v) is 0.659. The van der Waals surface area contributed by atoms with Gasteiger partial charge in [-0.25, -0.2) is 0 Å². The van der Waals surface area contributed by atoms with E-state index in [2.05, 4.69) is 13.2 Å². The maximum Gasteiger partial charge on any atom is 0.269 e. The summed E-state index contributed by atoms with van der Waals surface area (Å²) in [6.07, 6.45) is 3.61. The van der Waals surface area contributed by atoms with Crippen molar-refractivity contribution in [2.45, 2.75) is 20.8 Å². The minimum Gasteiger partial charge on any atom is -0.259 e. The van der Waals surface area contributed by atoms with Gasteiger partial charge in [0.2, 0.25) is 5.70 Å². The number of hydrogen-bond donors (Lipinski definition) is 0. The summed E-state index contributed by atoms with van der Waals surface area (Å²) in [6, 6.07) is 0. The molecule has 0 rings (SSSR count). The second-order valence-corrected chi connectivity index (χ2v) is 2.60. The first-order chi connectivity index (χ1) is 7.90. The Kier molecular flexibility index (Phi) is 9.11. The lowest BCUT2D eigenvalue weighted by atomic mass is 10.2. The van der Waals surface area contributed by atoms with Gasteiger partial charge in [-0.3, -0.25) is 20.2 Å². The van der Waals surface area contributed by atoms with Gasteiger partial charge >= 0.3 is 0 Å². The molecule has 6 heteroatoms. The van der Waals surface area contributed by atoms with Crippen LogP contribution < -0.4 is 0 Å². The third-order valence-electron chi connectivity index (χ3n) is 1.57. The summed E-state index contributed by atoms with van der Waals surface area (Å²) in [6.45, 7) is 11.8. The fourth-order valence-electron chi connectivity index (χ4n) is 0.659. The Morgan fingerprint density at radius 3 is 1.88 bits per heavy atom. The lowest BCUT2D eigenvalue weighted by molar-refractivity contribution is -0.424. The Morgan fingerprint density at radius 2 is 1.59 bits per heavy atom. The molecule has 0 radical (unpaired) electrons. The van der Waals surface area contributed by atoms with E-state index in [0.717, 1.165) is 6.08 Å². The highest BCUT2D eigenvalue weighted by atomic mass is 16.6. The molecule has 0 aliphatic carbocycles. The number of nitrogens with zero attached hydrogens (tertiary/aromatic N) is 2. The molecule has 0 amide bonds. The Bertz CT molecular complexity index is 381. The van der Waals surface area contributed by atoms with Crippen LogP contribution in [0.15, 0.2) is 48.4 Å². The zero-order chi connectivity index (χ0) is 14.0. The van der Waals surface area contributed by atoms with Crippen LogP contribution >= 0.6 is 0 Å². The predicted molar refractivity (Wildman–Crippen MR) is 66.5 cm³/mol. The van der Waals surface area contributed by atoms with Crippen molar-refractivity contribution in [3.05, 3.63) is 68.6 Å². The first-order valence-electron chi connectivity index (χ1n) is 4.89. The van der Waals surface area contributed by atoms with Crippen molar-refractivity contribution in [1.29, 1.82) is 0 Å². The first kappa shape index (κ1) is 17.2. The summed E-state index contributed by atoms with van der Waals surface area (Å²) in [5.41, 5.74) is -0.330. The summed E-state index contributed by atoms with van der Waals surface area (Å²) in [4.78, 5) is 19.3.